The molecule has 4 nitrogen and oxygen atoms in total. The van der Waals surface area contributed by atoms with Crippen molar-refractivity contribution in [2.75, 3.05) is 0 Å². The minimum atomic E-state index is -3.76. The number of rotatable bonds is 2. The molecule has 0 unspecified atom stereocenters. The number of amides is 1. The number of nitrogens with one attached hydrogen (secondary N) is 1. The van der Waals surface area contributed by atoms with Crippen molar-refractivity contribution >= 4 is 29.2 Å². The minimum absolute atomic E-state index is 0.0619. The van der Waals surface area contributed by atoms with Crippen LogP contribution in [0.5, 0.6) is 0 Å². The number of carbonyl (C=O) groups excluding carboxylic acids is 1. The van der Waals surface area contributed by atoms with Crippen molar-refractivity contribution in [2.45, 2.75) is 18.7 Å². The molecule has 1 aromatic carbocycles. The molecule has 0 aliphatic rings. The summed E-state index contributed by atoms with van der Waals surface area (Å²) in [5.74, 6) is -0.619. The number of carbonyl (C=O) groups is 1. The van der Waals surface area contributed by atoms with Crippen LogP contribution in [0.25, 0.3) is 0 Å². The first-order chi connectivity index (χ1) is 6.83. The van der Waals surface area contributed by atoms with Crippen molar-refractivity contribution in [3.8, 4) is 0 Å². The zero-order chi connectivity index (χ0) is 11.6. The maximum absolute atomic E-state index is 11.6. The van der Waals surface area contributed by atoms with Crippen LogP contribution in [0.1, 0.15) is 12.5 Å². The number of hydrogen-bond donors (Lipinski definition) is 1. The molecule has 1 aromatic rings. The van der Waals surface area contributed by atoms with Gasteiger partial charge in [0.05, 0.1) is 4.90 Å². The molecule has 0 bridgehead atoms. The zero-order valence-corrected chi connectivity index (χ0v) is 9.26. The van der Waals surface area contributed by atoms with Crippen LogP contribution < -0.4 is 10.2 Å². The van der Waals surface area contributed by atoms with Gasteiger partial charge in [0.15, 0.2) is 0 Å². The lowest BCUT2D eigenvalue weighted by Gasteiger charge is -2.08. The fourth-order valence-electron chi connectivity index (χ4n) is 1.22. The second-order valence-corrected chi connectivity index (χ2v) is 4.84. The van der Waals surface area contributed by atoms with Gasteiger partial charge in [-0.1, -0.05) is 17.6 Å². The fraction of sp³-hybridized carbons (Fsp3) is 0.222. The van der Waals surface area contributed by atoms with E-state index < -0.39 is 15.9 Å². The van der Waals surface area contributed by atoms with Gasteiger partial charge >= 0.3 is 0 Å². The van der Waals surface area contributed by atoms with Gasteiger partial charge in [-0.05, 0) is 18.6 Å². The lowest BCUT2D eigenvalue weighted by atomic mass is 9.95. The Morgan fingerprint density at radius 2 is 2.00 bits per heavy atom. The van der Waals surface area contributed by atoms with Gasteiger partial charge in [-0.2, -0.15) is 0 Å². The molecular weight excluding hydrogens is 213 g/mol. The normalized spacial score (nSPS) is 11.1. The third-order valence-corrected chi connectivity index (χ3v) is 3.36. The Labute approximate surface area is 90.2 Å². The average Bonchev–Trinajstić information content (AvgIpc) is 1.99. The number of aryl methyl sites for hydroxylation is 1. The number of hydrogen-bond acceptors (Lipinski definition) is 3. The van der Waals surface area contributed by atoms with Gasteiger partial charge in [0.1, 0.15) is 7.85 Å². The van der Waals surface area contributed by atoms with E-state index in [1.165, 1.54) is 18.2 Å². The summed E-state index contributed by atoms with van der Waals surface area (Å²) < 4.78 is 25.1. The lowest BCUT2D eigenvalue weighted by molar-refractivity contribution is -0.117. The van der Waals surface area contributed by atoms with Gasteiger partial charge in [-0.25, -0.2) is 13.1 Å². The Morgan fingerprint density at radius 3 is 2.47 bits per heavy atom. The van der Waals surface area contributed by atoms with Crippen LogP contribution in [-0.2, 0) is 14.8 Å². The second kappa shape index (κ2) is 4.06. The quantitative estimate of drug-likeness (QED) is 0.694. The Kier molecular flexibility index (Phi) is 3.19. The molecule has 0 fully saturated rings. The standard InChI is InChI=1S/C9H10BNO3S/c1-6-5-8(10)3-4-9(6)15(13,14)11-7(2)12/h3-5H,1-2H3,(H,11,12). The number of sulfonamides is 1. The van der Waals surface area contributed by atoms with Crippen LogP contribution in [-0.4, -0.2) is 22.2 Å². The van der Waals surface area contributed by atoms with Crippen LogP contribution in [0.15, 0.2) is 23.1 Å². The molecular formula is C9H10BNO3S. The van der Waals surface area contributed by atoms with E-state index in [0.717, 1.165) is 6.92 Å². The summed E-state index contributed by atoms with van der Waals surface area (Å²) in [5.41, 5.74) is 0.984. The maximum atomic E-state index is 11.6. The monoisotopic (exact) mass is 223 g/mol. The topological polar surface area (TPSA) is 63.2 Å². The van der Waals surface area contributed by atoms with Crippen molar-refractivity contribution in [3.63, 3.8) is 0 Å². The largest absolute Gasteiger partial charge is 0.274 e. The van der Waals surface area contributed by atoms with E-state index in [4.69, 9.17) is 7.85 Å². The number of benzene rings is 1. The van der Waals surface area contributed by atoms with Crippen molar-refractivity contribution < 1.29 is 13.2 Å². The molecule has 0 aliphatic carbocycles. The predicted molar refractivity (Wildman–Crippen MR) is 57.6 cm³/mol. The molecule has 1 N–H and O–H groups in total. The van der Waals surface area contributed by atoms with Gasteiger partial charge in [0.2, 0.25) is 5.91 Å². The van der Waals surface area contributed by atoms with E-state index in [1.807, 2.05) is 4.72 Å². The third kappa shape index (κ3) is 2.82. The molecule has 0 spiro atoms. The average molecular weight is 223 g/mol. The summed E-state index contributed by atoms with van der Waals surface area (Å²) >= 11 is 0. The van der Waals surface area contributed by atoms with Gasteiger partial charge < -0.3 is 0 Å². The van der Waals surface area contributed by atoms with Gasteiger partial charge in [0.25, 0.3) is 10.0 Å². The van der Waals surface area contributed by atoms with Crippen LogP contribution >= 0.6 is 0 Å². The smallest absolute Gasteiger partial charge is 0.264 e. The highest BCUT2D eigenvalue weighted by Crippen LogP contribution is 2.12. The molecule has 0 aromatic heterocycles. The van der Waals surface area contributed by atoms with Crippen molar-refractivity contribution in [1.82, 2.24) is 4.72 Å². The van der Waals surface area contributed by atoms with Crippen LogP contribution in [0, 0.1) is 6.92 Å². The van der Waals surface area contributed by atoms with E-state index >= 15 is 0 Å². The SMILES string of the molecule is [B]c1ccc(S(=O)(=O)NC(C)=O)c(C)c1. The summed E-state index contributed by atoms with van der Waals surface area (Å²) in [6, 6.07) is 4.38. The molecule has 6 heteroatoms. The summed E-state index contributed by atoms with van der Waals surface area (Å²) in [6.45, 7) is 2.76. The first-order valence-electron chi connectivity index (χ1n) is 4.22. The first-order valence-corrected chi connectivity index (χ1v) is 5.71. The van der Waals surface area contributed by atoms with Crippen LogP contribution in [0.3, 0.4) is 0 Å². The summed E-state index contributed by atoms with van der Waals surface area (Å²) in [5, 5.41) is 0. The predicted octanol–water partition coefficient (Wildman–Crippen LogP) is -0.386. The van der Waals surface area contributed by atoms with Gasteiger partial charge in [0, 0.05) is 6.92 Å². The first kappa shape index (κ1) is 11.8. The van der Waals surface area contributed by atoms with E-state index in [2.05, 4.69) is 0 Å². The maximum Gasteiger partial charge on any atom is 0.264 e. The molecule has 15 heavy (non-hydrogen) atoms. The van der Waals surface area contributed by atoms with Crippen molar-refractivity contribution in [3.05, 3.63) is 23.8 Å². The summed E-state index contributed by atoms with van der Waals surface area (Å²) in [6.07, 6.45) is 0. The minimum Gasteiger partial charge on any atom is -0.274 e. The Bertz CT molecular complexity index is 496. The van der Waals surface area contributed by atoms with Crippen molar-refractivity contribution in [1.29, 1.82) is 0 Å². The highest BCUT2D eigenvalue weighted by atomic mass is 32.2. The molecule has 2 radical (unpaired) electrons. The molecule has 0 aliphatic heterocycles. The van der Waals surface area contributed by atoms with Gasteiger partial charge in [-0.15, -0.1) is 0 Å². The van der Waals surface area contributed by atoms with Crippen molar-refractivity contribution in [2.24, 2.45) is 0 Å². The van der Waals surface area contributed by atoms with E-state index in [-0.39, 0.29) is 4.90 Å². The Morgan fingerprint density at radius 1 is 1.40 bits per heavy atom. The lowest BCUT2D eigenvalue weighted by Crippen LogP contribution is -2.29. The van der Waals surface area contributed by atoms with E-state index in [9.17, 15) is 13.2 Å². The van der Waals surface area contributed by atoms with E-state index in [1.54, 1.807) is 6.92 Å². The molecule has 0 atom stereocenters. The summed E-state index contributed by atoms with van der Waals surface area (Å²) in [7, 11) is 1.73. The van der Waals surface area contributed by atoms with Gasteiger partial charge in [-0.3, -0.25) is 4.79 Å². The third-order valence-electron chi connectivity index (χ3n) is 1.77. The molecule has 0 saturated carbocycles. The fourth-order valence-corrected chi connectivity index (χ4v) is 2.44. The van der Waals surface area contributed by atoms with Crippen LogP contribution in [0.2, 0.25) is 0 Å². The molecule has 1 amide bonds. The molecule has 78 valence electrons. The Balaban J connectivity index is 3.22. The molecule has 1 rings (SSSR count). The Hall–Kier alpha value is -1.30. The molecule has 0 saturated heterocycles. The highest BCUT2D eigenvalue weighted by molar-refractivity contribution is 7.90. The molecule has 0 heterocycles. The zero-order valence-electron chi connectivity index (χ0n) is 8.44. The second-order valence-electron chi connectivity index (χ2n) is 3.19. The summed E-state index contributed by atoms with van der Waals surface area (Å²) in [4.78, 5) is 10.8. The van der Waals surface area contributed by atoms with Crippen LogP contribution in [0.4, 0.5) is 0 Å². The van der Waals surface area contributed by atoms with E-state index in [0.29, 0.717) is 11.0 Å². The highest BCUT2D eigenvalue weighted by Gasteiger charge is 2.17.